The molecule has 0 heterocycles. The smallest absolute Gasteiger partial charge is 0.0637 e. The molecule has 0 radical (unpaired) electrons. The Labute approximate surface area is 127 Å². The number of anilines is 1. The van der Waals surface area contributed by atoms with E-state index in [1.54, 1.807) is 7.11 Å². The maximum atomic E-state index is 6.42. The topological polar surface area (TPSA) is 24.5 Å². The molecule has 112 valence electrons. The van der Waals surface area contributed by atoms with E-state index in [0.29, 0.717) is 12.1 Å². The van der Waals surface area contributed by atoms with Crippen molar-refractivity contribution in [3.05, 3.63) is 28.8 Å². The Morgan fingerprint density at radius 1 is 1.40 bits per heavy atom. The molecule has 1 N–H and O–H groups in total. The zero-order valence-electron chi connectivity index (χ0n) is 12.7. The summed E-state index contributed by atoms with van der Waals surface area (Å²) in [6, 6.07) is 7.54. The molecule has 1 fully saturated rings. The van der Waals surface area contributed by atoms with Gasteiger partial charge in [-0.3, -0.25) is 0 Å². The van der Waals surface area contributed by atoms with E-state index in [4.69, 9.17) is 16.3 Å². The number of halogens is 1. The highest BCUT2D eigenvalue weighted by Crippen LogP contribution is 2.33. The van der Waals surface area contributed by atoms with Crippen molar-refractivity contribution >= 4 is 17.3 Å². The lowest BCUT2D eigenvalue weighted by Gasteiger charge is -2.25. The highest BCUT2D eigenvalue weighted by molar-refractivity contribution is 6.31. The van der Waals surface area contributed by atoms with Gasteiger partial charge in [-0.05, 0) is 30.5 Å². The molecule has 20 heavy (non-hydrogen) atoms. The van der Waals surface area contributed by atoms with Crippen molar-refractivity contribution in [2.24, 2.45) is 0 Å². The molecule has 0 saturated heterocycles. The third kappa shape index (κ3) is 4.37. The fourth-order valence-corrected chi connectivity index (χ4v) is 2.51. The van der Waals surface area contributed by atoms with Crippen molar-refractivity contribution in [1.82, 2.24) is 5.32 Å². The standard InChI is InChI=1S/C16H25ClN2O/c1-12(2)18-11-13-4-5-15(10-16(13)17)19(8-9-20-3)14-6-7-14/h4-5,10,12,14,18H,6-9,11H2,1-3H3. The van der Waals surface area contributed by atoms with Gasteiger partial charge < -0.3 is 15.0 Å². The van der Waals surface area contributed by atoms with Gasteiger partial charge in [-0.2, -0.15) is 0 Å². The highest BCUT2D eigenvalue weighted by atomic mass is 35.5. The van der Waals surface area contributed by atoms with Crippen molar-refractivity contribution in [3.8, 4) is 0 Å². The average molecular weight is 297 g/mol. The first kappa shape index (κ1) is 15.6. The lowest BCUT2D eigenvalue weighted by molar-refractivity contribution is 0.205. The van der Waals surface area contributed by atoms with E-state index in [9.17, 15) is 0 Å². The van der Waals surface area contributed by atoms with E-state index in [1.807, 2.05) is 0 Å². The van der Waals surface area contributed by atoms with E-state index in [-0.39, 0.29) is 0 Å². The molecule has 3 nitrogen and oxygen atoms in total. The second kappa shape index (κ2) is 7.30. The lowest BCUT2D eigenvalue weighted by atomic mass is 10.1. The van der Waals surface area contributed by atoms with Crippen LogP contribution in [0, 0.1) is 0 Å². The third-order valence-corrected chi connectivity index (χ3v) is 3.94. The zero-order valence-corrected chi connectivity index (χ0v) is 13.4. The second-order valence-electron chi connectivity index (χ2n) is 5.73. The first-order valence-electron chi connectivity index (χ1n) is 7.39. The fourth-order valence-electron chi connectivity index (χ4n) is 2.27. The van der Waals surface area contributed by atoms with E-state index >= 15 is 0 Å². The number of ether oxygens (including phenoxy) is 1. The summed E-state index contributed by atoms with van der Waals surface area (Å²) in [4.78, 5) is 2.41. The van der Waals surface area contributed by atoms with Crippen molar-refractivity contribution < 1.29 is 4.74 Å². The van der Waals surface area contributed by atoms with Crippen LogP contribution in [0.4, 0.5) is 5.69 Å². The van der Waals surface area contributed by atoms with Gasteiger partial charge in [0.1, 0.15) is 0 Å². The Balaban J connectivity index is 2.05. The highest BCUT2D eigenvalue weighted by Gasteiger charge is 2.29. The maximum Gasteiger partial charge on any atom is 0.0637 e. The van der Waals surface area contributed by atoms with Gasteiger partial charge >= 0.3 is 0 Å². The number of benzene rings is 1. The third-order valence-electron chi connectivity index (χ3n) is 3.59. The summed E-state index contributed by atoms with van der Waals surface area (Å²) in [5, 5.41) is 4.25. The second-order valence-corrected chi connectivity index (χ2v) is 6.14. The largest absolute Gasteiger partial charge is 0.383 e. The summed E-state index contributed by atoms with van der Waals surface area (Å²) >= 11 is 6.42. The van der Waals surface area contributed by atoms with Crippen LogP contribution in [0.5, 0.6) is 0 Å². The quantitative estimate of drug-likeness (QED) is 0.795. The van der Waals surface area contributed by atoms with Crippen molar-refractivity contribution in [2.45, 2.75) is 45.3 Å². The Hall–Kier alpha value is -0.770. The first-order valence-corrected chi connectivity index (χ1v) is 7.77. The van der Waals surface area contributed by atoms with Crippen LogP contribution >= 0.6 is 11.6 Å². The van der Waals surface area contributed by atoms with E-state index in [2.05, 4.69) is 42.3 Å². The van der Waals surface area contributed by atoms with Gasteiger partial charge in [0.2, 0.25) is 0 Å². The zero-order chi connectivity index (χ0) is 14.5. The van der Waals surface area contributed by atoms with Crippen LogP contribution in [0.25, 0.3) is 0 Å². The predicted octanol–water partition coefficient (Wildman–Crippen LogP) is 3.45. The molecule has 0 atom stereocenters. The van der Waals surface area contributed by atoms with Crippen molar-refractivity contribution in [1.29, 1.82) is 0 Å². The Morgan fingerprint density at radius 2 is 2.15 bits per heavy atom. The minimum Gasteiger partial charge on any atom is -0.383 e. The Bertz CT molecular complexity index is 432. The molecule has 1 saturated carbocycles. The minimum absolute atomic E-state index is 0.468. The molecule has 0 aliphatic heterocycles. The van der Waals surface area contributed by atoms with Gasteiger partial charge in [0.05, 0.1) is 6.61 Å². The maximum absolute atomic E-state index is 6.42. The number of rotatable bonds is 8. The van der Waals surface area contributed by atoms with E-state index in [1.165, 1.54) is 18.5 Å². The van der Waals surface area contributed by atoms with Gasteiger partial charge in [-0.1, -0.05) is 31.5 Å². The summed E-state index contributed by atoms with van der Waals surface area (Å²) < 4.78 is 5.21. The van der Waals surface area contributed by atoms with Gasteiger partial charge in [0.25, 0.3) is 0 Å². The normalized spacial score (nSPS) is 14.8. The summed E-state index contributed by atoms with van der Waals surface area (Å²) in [5.74, 6) is 0. The van der Waals surface area contributed by atoms with Gasteiger partial charge in [0.15, 0.2) is 0 Å². The van der Waals surface area contributed by atoms with Crippen LogP contribution in [0.15, 0.2) is 18.2 Å². The molecule has 4 heteroatoms. The summed E-state index contributed by atoms with van der Waals surface area (Å²) in [7, 11) is 1.75. The molecule has 1 aromatic rings. The number of hydrogen-bond donors (Lipinski definition) is 1. The lowest BCUT2D eigenvalue weighted by Crippen LogP contribution is -2.29. The molecule has 0 amide bonds. The molecule has 0 spiro atoms. The van der Waals surface area contributed by atoms with Crippen molar-refractivity contribution in [3.63, 3.8) is 0 Å². The van der Waals surface area contributed by atoms with E-state index in [0.717, 1.165) is 30.3 Å². The van der Waals surface area contributed by atoms with Gasteiger partial charge in [-0.15, -0.1) is 0 Å². The van der Waals surface area contributed by atoms with E-state index < -0.39 is 0 Å². The van der Waals surface area contributed by atoms with Crippen LogP contribution in [0.2, 0.25) is 5.02 Å². The molecule has 1 aromatic carbocycles. The number of nitrogens with zero attached hydrogens (tertiary/aromatic N) is 1. The Morgan fingerprint density at radius 3 is 2.70 bits per heavy atom. The molecular weight excluding hydrogens is 272 g/mol. The fraction of sp³-hybridized carbons (Fsp3) is 0.625. The number of methoxy groups -OCH3 is 1. The van der Waals surface area contributed by atoms with Crippen molar-refractivity contribution in [2.75, 3.05) is 25.2 Å². The number of nitrogens with one attached hydrogen (secondary N) is 1. The van der Waals surface area contributed by atoms with Gasteiger partial charge in [0, 0.05) is 43.0 Å². The average Bonchev–Trinajstić information content (AvgIpc) is 3.22. The minimum atomic E-state index is 0.468. The van der Waals surface area contributed by atoms with Crippen LogP contribution in [-0.2, 0) is 11.3 Å². The Kier molecular flexibility index (Phi) is 5.70. The summed E-state index contributed by atoms with van der Waals surface area (Å²) in [6.07, 6.45) is 2.55. The summed E-state index contributed by atoms with van der Waals surface area (Å²) in [5.41, 5.74) is 2.37. The molecule has 0 aromatic heterocycles. The van der Waals surface area contributed by atoms with Crippen LogP contribution in [-0.4, -0.2) is 32.3 Å². The summed E-state index contributed by atoms with van der Waals surface area (Å²) in [6.45, 7) is 6.79. The molecule has 1 aliphatic carbocycles. The molecule has 0 unspecified atom stereocenters. The first-order chi connectivity index (χ1) is 9.61. The van der Waals surface area contributed by atoms with Crippen LogP contribution < -0.4 is 10.2 Å². The molecule has 1 aliphatic rings. The SMILES string of the molecule is COCCN(c1ccc(CNC(C)C)c(Cl)c1)C1CC1. The van der Waals surface area contributed by atoms with Gasteiger partial charge in [-0.25, -0.2) is 0 Å². The monoisotopic (exact) mass is 296 g/mol. The van der Waals surface area contributed by atoms with Crippen LogP contribution in [0.1, 0.15) is 32.3 Å². The molecule has 2 rings (SSSR count). The molecular formula is C16H25ClN2O. The molecule has 0 bridgehead atoms. The number of hydrogen-bond acceptors (Lipinski definition) is 3. The van der Waals surface area contributed by atoms with Crippen LogP contribution in [0.3, 0.4) is 0 Å². The predicted molar refractivity (Wildman–Crippen MR) is 85.7 cm³/mol.